The maximum atomic E-state index is 11.6. The Bertz CT molecular complexity index is 368. The summed E-state index contributed by atoms with van der Waals surface area (Å²) in [6.45, 7) is 0. The van der Waals surface area contributed by atoms with E-state index in [0.29, 0.717) is 6.20 Å². The molecule has 0 radical (unpaired) electrons. The molecule has 0 atom stereocenters. The van der Waals surface area contributed by atoms with Gasteiger partial charge in [0.05, 0.1) is 0 Å². The number of nitrogens with zero attached hydrogens (tertiary/aromatic N) is 2. The molecule has 0 saturated carbocycles. The van der Waals surface area contributed by atoms with Crippen LogP contribution in [-0.2, 0) is 10.1 Å². The minimum atomic E-state index is -5.69. The van der Waals surface area contributed by atoms with Crippen LogP contribution in [0.3, 0.4) is 0 Å². The van der Waals surface area contributed by atoms with E-state index >= 15 is 0 Å². The Kier molecular flexibility index (Phi) is 2.15. The van der Waals surface area contributed by atoms with Crippen LogP contribution in [0, 0.1) is 0 Å². The maximum Gasteiger partial charge on any atom is 0.534 e. The third-order valence-corrected chi connectivity index (χ3v) is 1.77. The van der Waals surface area contributed by atoms with Crippen LogP contribution in [0.25, 0.3) is 0 Å². The molecule has 74 valence electrons. The lowest BCUT2D eigenvalue weighted by Crippen LogP contribution is -2.27. The molecule has 0 aromatic carbocycles. The van der Waals surface area contributed by atoms with Crippen LogP contribution >= 0.6 is 0 Å². The van der Waals surface area contributed by atoms with Gasteiger partial charge in [-0.2, -0.15) is 21.6 Å². The summed E-state index contributed by atoms with van der Waals surface area (Å²) in [6, 6.07) is 0. The molecule has 0 amide bonds. The smallest absolute Gasteiger partial charge is 0.335 e. The molecule has 0 saturated heterocycles. The van der Waals surface area contributed by atoms with Crippen LogP contribution in [0.5, 0.6) is 5.95 Å². The molecule has 1 heterocycles. The van der Waals surface area contributed by atoms with Crippen LogP contribution in [0.15, 0.2) is 10.7 Å². The van der Waals surface area contributed by atoms with Crippen molar-refractivity contribution in [1.82, 2.24) is 10.4 Å². The van der Waals surface area contributed by atoms with Crippen molar-refractivity contribution in [3.05, 3.63) is 6.20 Å². The Morgan fingerprint density at radius 3 is 2.46 bits per heavy atom. The van der Waals surface area contributed by atoms with E-state index in [1.165, 1.54) is 0 Å². The van der Waals surface area contributed by atoms with Crippen molar-refractivity contribution in [2.24, 2.45) is 0 Å². The molecule has 0 unspecified atom stereocenters. The minimum absolute atomic E-state index is 0.587. The normalized spacial score (nSPS) is 12.8. The van der Waals surface area contributed by atoms with Gasteiger partial charge in [-0.15, -0.1) is 5.10 Å². The lowest BCUT2D eigenvalue weighted by Gasteiger charge is -2.04. The largest absolute Gasteiger partial charge is 0.534 e. The quantitative estimate of drug-likeness (QED) is 0.524. The summed E-state index contributed by atoms with van der Waals surface area (Å²) in [7, 11) is -5.69. The summed E-state index contributed by atoms with van der Waals surface area (Å²) in [5.74, 6) is -0.947. The van der Waals surface area contributed by atoms with Crippen molar-refractivity contribution in [2.45, 2.75) is 5.51 Å². The van der Waals surface area contributed by atoms with E-state index in [1.54, 1.807) is 0 Å². The van der Waals surface area contributed by atoms with E-state index in [2.05, 4.69) is 19.1 Å². The second kappa shape index (κ2) is 2.87. The molecule has 0 aliphatic carbocycles. The monoisotopic (exact) mass is 218 g/mol. The van der Waals surface area contributed by atoms with Gasteiger partial charge in [0.1, 0.15) is 6.20 Å². The molecular formula is C3HF3N2O4S. The lowest BCUT2D eigenvalue weighted by molar-refractivity contribution is -0.0508. The van der Waals surface area contributed by atoms with Gasteiger partial charge in [0.15, 0.2) is 0 Å². The van der Waals surface area contributed by atoms with Crippen molar-refractivity contribution < 1.29 is 30.3 Å². The van der Waals surface area contributed by atoms with Gasteiger partial charge in [0.25, 0.3) is 0 Å². The molecule has 0 aliphatic rings. The van der Waals surface area contributed by atoms with Gasteiger partial charge in [0.2, 0.25) is 0 Å². The molecule has 0 N–H and O–H groups in total. The SMILES string of the molecule is O=S(=O)(Oc1cnno1)C(F)(F)F. The average molecular weight is 218 g/mol. The number of hydrogen-bond donors (Lipinski definition) is 0. The minimum Gasteiger partial charge on any atom is -0.335 e. The highest BCUT2D eigenvalue weighted by Gasteiger charge is 2.49. The molecule has 1 aromatic heterocycles. The van der Waals surface area contributed by atoms with Crippen LogP contribution in [0.4, 0.5) is 13.2 Å². The number of hydrogen-bond acceptors (Lipinski definition) is 6. The average Bonchev–Trinajstić information content (AvgIpc) is 2.35. The zero-order valence-corrected chi connectivity index (χ0v) is 6.46. The van der Waals surface area contributed by atoms with Crippen molar-refractivity contribution in [3.8, 4) is 5.95 Å². The van der Waals surface area contributed by atoms with Gasteiger partial charge in [-0.05, 0) is 0 Å². The van der Waals surface area contributed by atoms with E-state index < -0.39 is 21.6 Å². The van der Waals surface area contributed by atoms with Gasteiger partial charge in [-0.25, -0.2) is 0 Å². The first kappa shape index (κ1) is 9.77. The highest BCUT2D eigenvalue weighted by atomic mass is 32.2. The number of rotatable bonds is 2. The molecule has 10 heteroatoms. The lowest BCUT2D eigenvalue weighted by atomic mass is 10.9. The standard InChI is InChI=1S/C3HF3N2O4S/c4-3(5,6)13(9,10)12-2-1-7-8-11-2/h1H. The van der Waals surface area contributed by atoms with Crippen LogP contribution in [-0.4, -0.2) is 24.3 Å². The first-order valence-corrected chi connectivity index (χ1v) is 4.02. The fourth-order valence-electron chi connectivity index (χ4n) is 0.350. The topological polar surface area (TPSA) is 82.3 Å². The molecule has 0 spiro atoms. The fraction of sp³-hybridized carbons (Fsp3) is 0.333. The Balaban J connectivity index is 2.87. The first-order chi connectivity index (χ1) is 5.83. The van der Waals surface area contributed by atoms with Gasteiger partial charge < -0.3 is 4.18 Å². The zero-order chi connectivity index (χ0) is 10.1. The third-order valence-electron chi connectivity index (χ3n) is 0.816. The number of alkyl halides is 3. The Hall–Kier alpha value is -1.32. The third kappa shape index (κ3) is 2.08. The maximum absolute atomic E-state index is 11.6. The summed E-state index contributed by atoms with van der Waals surface area (Å²) < 4.78 is 62.8. The second-order valence-corrected chi connectivity index (χ2v) is 3.26. The molecule has 0 bridgehead atoms. The number of halogens is 3. The van der Waals surface area contributed by atoms with Gasteiger partial charge in [-0.1, -0.05) is 0 Å². The molecule has 13 heavy (non-hydrogen) atoms. The predicted molar refractivity (Wildman–Crippen MR) is 29.9 cm³/mol. The Morgan fingerprint density at radius 2 is 2.08 bits per heavy atom. The van der Waals surface area contributed by atoms with E-state index in [4.69, 9.17) is 0 Å². The highest BCUT2D eigenvalue weighted by Crippen LogP contribution is 2.25. The summed E-state index contributed by atoms with van der Waals surface area (Å²) >= 11 is 0. The zero-order valence-electron chi connectivity index (χ0n) is 5.65. The van der Waals surface area contributed by atoms with Gasteiger partial charge in [-0.3, -0.25) is 4.52 Å². The molecule has 0 fully saturated rings. The molecule has 0 aliphatic heterocycles. The molecule has 6 nitrogen and oxygen atoms in total. The second-order valence-electron chi connectivity index (χ2n) is 1.72. The fourth-order valence-corrected chi connectivity index (χ4v) is 0.734. The van der Waals surface area contributed by atoms with Crippen molar-refractivity contribution in [1.29, 1.82) is 0 Å². The summed E-state index contributed by atoms with van der Waals surface area (Å²) in [5.41, 5.74) is -5.50. The highest BCUT2D eigenvalue weighted by molar-refractivity contribution is 7.87. The van der Waals surface area contributed by atoms with E-state index in [1.807, 2.05) is 0 Å². The van der Waals surface area contributed by atoms with Gasteiger partial charge >= 0.3 is 21.6 Å². The summed E-state index contributed by atoms with van der Waals surface area (Å²) in [5, 5.41) is 5.62. The van der Waals surface area contributed by atoms with Gasteiger partial charge in [0, 0.05) is 5.27 Å². The Morgan fingerprint density at radius 1 is 1.46 bits per heavy atom. The molecule has 1 aromatic rings. The van der Waals surface area contributed by atoms with E-state index in [-0.39, 0.29) is 0 Å². The van der Waals surface area contributed by atoms with Crippen molar-refractivity contribution in [2.75, 3.05) is 0 Å². The van der Waals surface area contributed by atoms with Crippen LogP contribution in [0.1, 0.15) is 0 Å². The summed E-state index contributed by atoms with van der Waals surface area (Å²) in [4.78, 5) is 0. The summed E-state index contributed by atoms with van der Waals surface area (Å²) in [6.07, 6.45) is 0.587. The van der Waals surface area contributed by atoms with E-state index in [9.17, 15) is 21.6 Å². The Labute approximate surface area is 69.4 Å². The molecular weight excluding hydrogens is 217 g/mol. The van der Waals surface area contributed by atoms with Crippen molar-refractivity contribution in [3.63, 3.8) is 0 Å². The predicted octanol–water partition coefficient (Wildman–Crippen LogP) is 0.298. The first-order valence-electron chi connectivity index (χ1n) is 2.61. The molecule has 1 rings (SSSR count). The van der Waals surface area contributed by atoms with E-state index in [0.717, 1.165) is 0 Å². The van der Waals surface area contributed by atoms with Crippen molar-refractivity contribution >= 4 is 10.1 Å². The van der Waals surface area contributed by atoms with Crippen LogP contribution in [0.2, 0.25) is 0 Å². The number of aromatic nitrogens is 2. The van der Waals surface area contributed by atoms with Crippen LogP contribution < -0.4 is 4.18 Å².